The van der Waals surface area contributed by atoms with Gasteiger partial charge >= 0.3 is 0 Å². The van der Waals surface area contributed by atoms with Crippen LogP contribution in [0.15, 0.2) is 18.2 Å². The molecule has 1 aromatic carbocycles. The molecule has 2 heterocycles. The fraction of sp³-hybridized carbons (Fsp3) is 0.400. The number of benzene rings is 1. The number of nitrogens with one attached hydrogen (secondary N) is 1. The summed E-state index contributed by atoms with van der Waals surface area (Å²) in [6, 6.07) is 5.42. The second-order valence-corrected chi connectivity index (χ2v) is 7.07. The quantitative estimate of drug-likeness (QED) is 0.890. The molecule has 1 aromatic heterocycles. The molecule has 6 heteroatoms. The molecule has 0 aliphatic carbocycles. The maximum absolute atomic E-state index is 12.4. The lowest BCUT2D eigenvalue weighted by molar-refractivity contribution is 0.0715. The maximum atomic E-state index is 12.4. The predicted octanol–water partition coefficient (Wildman–Crippen LogP) is 4.51. The van der Waals surface area contributed by atoms with E-state index in [0.29, 0.717) is 14.9 Å². The van der Waals surface area contributed by atoms with Crippen molar-refractivity contribution in [1.29, 1.82) is 0 Å². The van der Waals surface area contributed by atoms with Crippen molar-refractivity contribution >= 4 is 50.5 Å². The maximum Gasteiger partial charge on any atom is 0.263 e. The highest BCUT2D eigenvalue weighted by Crippen LogP contribution is 2.36. The average molecular weight is 344 g/mol. The number of hydrogen-bond acceptors (Lipinski definition) is 3. The summed E-state index contributed by atoms with van der Waals surface area (Å²) < 4.78 is 6.51. The molecule has 0 radical (unpaired) electrons. The molecule has 0 unspecified atom stereocenters. The van der Waals surface area contributed by atoms with Crippen LogP contribution in [0.25, 0.3) is 10.1 Å². The SMILES string of the molecule is C[C@@H](NC(=O)c1sc2cc(Cl)ccc2c1Cl)[C@@H]1CCCO1. The Balaban J connectivity index is 1.82. The highest BCUT2D eigenvalue weighted by atomic mass is 35.5. The van der Waals surface area contributed by atoms with Crippen molar-refractivity contribution < 1.29 is 9.53 Å². The average Bonchev–Trinajstić information content (AvgIpc) is 3.07. The largest absolute Gasteiger partial charge is 0.376 e. The first kappa shape index (κ1) is 15.1. The van der Waals surface area contributed by atoms with Crippen LogP contribution in [0.5, 0.6) is 0 Å². The fourth-order valence-electron chi connectivity index (χ4n) is 2.55. The lowest BCUT2D eigenvalue weighted by atomic mass is 10.1. The van der Waals surface area contributed by atoms with Crippen LogP contribution in [-0.4, -0.2) is 24.7 Å². The van der Waals surface area contributed by atoms with Gasteiger partial charge in [-0.05, 0) is 31.9 Å². The second kappa shape index (κ2) is 6.13. The minimum Gasteiger partial charge on any atom is -0.376 e. The molecule has 112 valence electrons. The van der Waals surface area contributed by atoms with Crippen LogP contribution in [0.2, 0.25) is 10.0 Å². The van der Waals surface area contributed by atoms with E-state index in [0.717, 1.165) is 29.5 Å². The Kier molecular flexibility index (Phi) is 4.41. The van der Waals surface area contributed by atoms with Gasteiger partial charge in [0.15, 0.2) is 0 Å². The van der Waals surface area contributed by atoms with Crippen LogP contribution in [0, 0.1) is 0 Å². The highest BCUT2D eigenvalue weighted by molar-refractivity contribution is 7.21. The van der Waals surface area contributed by atoms with Crippen LogP contribution >= 0.6 is 34.5 Å². The van der Waals surface area contributed by atoms with Crippen molar-refractivity contribution in [1.82, 2.24) is 5.32 Å². The van der Waals surface area contributed by atoms with Gasteiger partial charge < -0.3 is 10.1 Å². The summed E-state index contributed by atoms with van der Waals surface area (Å²) in [6.45, 7) is 2.74. The van der Waals surface area contributed by atoms with Gasteiger partial charge in [-0.3, -0.25) is 4.79 Å². The van der Waals surface area contributed by atoms with E-state index in [1.165, 1.54) is 11.3 Å². The van der Waals surface area contributed by atoms with Gasteiger partial charge in [-0.25, -0.2) is 0 Å². The first-order chi connectivity index (χ1) is 10.1. The molecule has 2 atom stereocenters. The third-order valence-electron chi connectivity index (χ3n) is 3.68. The van der Waals surface area contributed by atoms with E-state index in [9.17, 15) is 4.79 Å². The number of fused-ring (bicyclic) bond motifs is 1. The Bertz CT molecular complexity index is 680. The monoisotopic (exact) mass is 343 g/mol. The minimum absolute atomic E-state index is 0.0233. The smallest absolute Gasteiger partial charge is 0.263 e. The van der Waals surface area contributed by atoms with Gasteiger partial charge in [0.2, 0.25) is 0 Å². The van der Waals surface area contributed by atoms with Crippen molar-refractivity contribution in [3.8, 4) is 0 Å². The zero-order valence-corrected chi connectivity index (χ0v) is 13.8. The third kappa shape index (κ3) is 3.04. The van der Waals surface area contributed by atoms with Gasteiger partial charge in [0, 0.05) is 21.7 Å². The van der Waals surface area contributed by atoms with Gasteiger partial charge in [0.1, 0.15) is 4.88 Å². The standard InChI is InChI=1S/C15H15Cl2NO2S/c1-8(11-3-2-6-20-11)18-15(19)14-13(17)10-5-4-9(16)7-12(10)21-14/h4-5,7-8,11H,2-3,6H2,1H3,(H,18,19)/t8-,11+/m1/s1. The third-order valence-corrected chi connectivity index (χ3v) is 5.57. The molecule has 1 fully saturated rings. The number of amides is 1. The molecule has 3 nitrogen and oxygen atoms in total. The molecule has 1 amide bonds. The van der Waals surface area contributed by atoms with Gasteiger partial charge in [-0.15, -0.1) is 11.3 Å². The topological polar surface area (TPSA) is 38.3 Å². The number of carbonyl (C=O) groups is 1. The Morgan fingerprint density at radius 3 is 3.00 bits per heavy atom. The normalized spacial score (nSPS) is 19.9. The van der Waals surface area contributed by atoms with Crippen LogP contribution in [0.3, 0.4) is 0 Å². The lowest BCUT2D eigenvalue weighted by Gasteiger charge is -2.19. The van der Waals surface area contributed by atoms with Gasteiger partial charge in [0.25, 0.3) is 5.91 Å². The van der Waals surface area contributed by atoms with E-state index < -0.39 is 0 Å². The molecule has 0 bridgehead atoms. The van der Waals surface area contributed by atoms with Gasteiger partial charge in [0.05, 0.1) is 17.2 Å². The minimum atomic E-state index is -0.152. The second-order valence-electron chi connectivity index (χ2n) is 5.20. The summed E-state index contributed by atoms with van der Waals surface area (Å²) in [6.07, 6.45) is 2.13. The Morgan fingerprint density at radius 1 is 1.48 bits per heavy atom. The molecule has 0 spiro atoms. The molecule has 1 aliphatic rings. The van der Waals surface area contributed by atoms with E-state index in [-0.39, 0.29) is 18.1 Å². The molecule has 1 saturated heterocycles. The molecule has 21 heavy (non-hydrogen) atoms. The molecular weight excluding hydrogens is 329 g/mol. The summed E-state index contributed by atoms with van der Waals surface area (Å²) in [5.41, 5.74) is 0. The predicted molar refractivity (Wildman–Crippen MR) is 87.7 cm³/mol. The molecular formula is C15H15Cl2NO2S. The summed E-state index contributed by atoms with van der Waals surface area (Å²) >= 11 is 13.7. The number of thiophene rings is 1. The molecule has 1 N–H and O–H groups in total. The summed E-state index contributed by atoms with van der Waals surface area (Å²) in [4.78, 5) is 12.9. The van der Waals surface area contributed by atoms with E-state index in [2.05, 4.69) is 5.32 Å². The van der Waals surface area contributed by atoms with Crippen LogP contribution in [0.1, 0.15) is 29.4 Å². The van der Waals surface area contributed by atoms with Crippen molar-refractivity contribution in [2.45, 2.75) is 31.9 Å². The summed E-state index contributed by atoms with van der Waals surface area (Å²) in [7, 11) is 0. The zero-order valence-electron chi connectivity index (χ0n) is 11.5. The lowest BCUT2D eigenvalue weighted by Crippen LogP contribution is -2.40. The van der Waals surface area contributed by atoms with E-state index in [1.54, 1.807) is 6.07 Å². The van der Waals surface area contributed by atoms with Crippen LogP contribution in [0.4, 0.5) is 0 Å². The van der Waals surface area contributed by atoms with Gasteiger partial charge in [-0.1, -0.05) is 29.3 Å². The van der Waals surface area contributed by atoms with Crippen molar-refractivity contribution in [3.63, 3.8) is 0 Å². The van der Waals surface area contributed by atoms with E-state index in [1.807, 2.05) is 19.1 Å². The molecule has 1 aliphatic heterocycles. The number of carbonyl (C=O) groups excluding carboxylic acids is 1. The van der Waals surface area contributed by atoms with Crippen molar-refractivity contribution in [2.75, 3.05) is 6.61 Å². The fourth-order valence-corrected chi connectivity index (χ4v) is 4.24. The van der Waals surface area contributed by atoms with Crippen LogP contribution < -0.4 is 5.32 Å². The molecule has 3 rings (SSSR count). The number of ether oxygens (including phenoxy) is 1. The first-order valence-corrected chi connectivity index (χ1v) is 8.43. The summed E-state index contributed by atoms with van der Waals surface area (Å²) in [5, 5.41) is 4.97. The van der Waals surface area contributed by atoms with Crippen molar-refractivity contribution in [3.05, 3.63) is 33.1 Å². The Hall–Kier alpha value is -0.810. The zero-order chi connectivity index (χ0) is 15.0. The van der Waals surface area contributed by atoms with E-state index >= 15 is 0 Å². The van der Waals surface area contributed by atoms with Gasteiger partial charge in [-0.2, -0.15) is 0 Å². The highest BCUT2D eigenvalue weighted by Gasteiger charge is 2.25. The van der Waals surface area contributed by atoms with Crippen molar-refractivity contribution in [2.24, 2.45) is 0 Å². The van der Waals surface area contributed by atoms with E-state index in [4.69, 9.17) is 27.9 Å². The Morgan fingerprint density at radius 2 is 2.29 bits per heavy atom. The Labute approximate surface area is 137 Å². The number of hydrogen-bond donors (Lipinski definition) is 1. The molecule has 2 aromatic rings. The first-order valence-electron chi connectivity index (χ1n) is 6.86. The van der Waals surface area contributed by atoms with Crippen LogP contribution in [-0.2, 0) is 4.74 Å². The summed E-state index contributed by atoms with van der Waals surface area (Å²) in [5.74, 6) is -0.152. The number of rotatable bonds is 3. The number of halogens is 2. The molecule has 0 saturated carbocycles.